The zero-order valence-electron chi connectivity index (χ0n) is 10.6. The molecule has 1 aliphatic rings. The summed E-state index contributed by atoms with van der Waals surface area (Å²) in [5, 5.41) is 3.14. The first kappa shape index (κ1) is 13.8. The van der Waals surface area contributed by atoms with E-state index in [4.69, 9.17) is 0 Å². The number of anilines is 1. The van der Waals surface area contributed by atoms with Gasteiger partial charge in [-0.25, -0.2) is 8.78 Å². The molecule has 0 radical (unpaired) electrons. The zero-order valence-corrected chi connectivity index (χ0v) is 12.2. The first-order chi connectivity index (χ1) is 8.45. The summed E-state index contributed by atoms with van der Waals surface area (Å²) in [4.78, 5) is 0. The maximum absolute atomic E-state index is 13.7. The van der Waals surface area contributed by atoms with E-state index in [2.05, 4.69) is 35.1 Å². The number of rotatable bonds is 2. The molecule has 2 atom stereocenters. The van der Waals surface area contributed by atoms with Gasteiger partial charge in [-0.15, -0.1) is 0 Å². The first-order valence-corrected chi connectivity index (χ1v) is 7.16. The average Bonchev–Trinajstić information content (AvgIpc) is 2.24. The van der Waals surface area contributed by atoms with E-state index in [-0.39, 0.29) is 16.2 Å². The van der Waals surface area contributed by atoms with Crippen LogP contribution in [0.2, 0.25) is 0 Å². The molecular formula is C14H18BrF2N. The molecule has 0 aliphatic heterocycles. The Labute approximate surface area is 115 Å². The number of hydrogen-bond donors (Lipinski definition) is 1. The van der Waals surface area contributed by atoms with Gasteiger partial charge in [0.15, 0.2) is 0 Å². The second kappa shape index (κ2) is 5.55. The van der Waals surface area contributed by atoms with E-state index in [0.717, 1.165) is 12.8 Å². The third kappa shape index (κ3) is 3.22. The van der Waals surface area contributed by atoms with Crippen LogP contribution in [0.5, 0.6) is 0 Å². The van der Waals surface area contributed by atoms with Gasteiger partial charge >= 0.3 is 0 Å². The average molecular weight is 318 g/mol. The lowest BCUT2D eigenvalue weighted by atomic mass is 9.80. The predicted molar refractivity (Wildman–Crippen MR) is 73.6 cm³/mol. The Balaban J connectivity index is 2.11. The Hall–Kier alpha value is -0.640. The van der Waals surface area contributed by atoms with Crippen LogP contribution in [0.3, 0.4) is 0 Å². The van der Waals surface area contributed by atoms with Crippen molar-refractivity contribution >= 4 is 21.6 Å². The number of halogens is 3. The molecule has 0 bridgehead atoms. The van der Waals surface area contributed by atoms with Crippen LogP contribution in [0.1, 0.15) is 33.1 Å². The predicted octanol–water partition coefficient (Wildman–Crippen LogP) is 4.96. The van der Waals surface area contributed by atoms with Gasteiger partial charge in [0.2, 0.25) is 0 Å². The fraction of sp³-hybridized carbons (Fsp3) is 0.571. The number of nitrogens with one attached hydrogen (secondary N) is 1. The normalized spacial score (nSPS) is 28.2. The largest absolute Gasteiger partial charge is 0.380 e. The van der Waals surface area contributed by atoms with Gasteiger partial charge in [0.1, 0.15) is 11.6 Å². The number of hydrogen-bond acceptors (Lipinski definition) is 1. The van der Waals surface area contributed by atoms with Crippen molar-refractivity contribution in [2.45, 2.75) is 39.2 Å². The molecule has 0 spiro atoms. The smallest absolute Gasteiger partial charge is 0.147 e. The van der Waals surface area contributed by atoms with Crippen molar-refractivity contribution < 1.29 is 8.78 Å². The Morgan fingerprint density at radius 1 is 1.06 bits per heavy atom. The van der Waals surface area contributed by atoms with Gasteiger partial charge in [-0.2, -0.15) is 0 Å². The first-order valence-electron chi connectivity index (χ1n) is 6.36. The SMILES string of the molecule is CC1CC(C)CC(Nc2cc(F)c(Br)cc2F)C1. The van der Waals surface area contributed by atoms with Crippen LogP contribution < -0.4 is 5.32 Å². The highest BCUT2D eigenvalue weighted by Crippen LogP contribution is 2.32. The molecule has 0 saturated heterocycles. The zero-order chi connectivity index (χ0) is 13.3. The van der Waals surface area contributed by atoms with Crippen molar-refractivity contribution in [3.05, 3.63) is 28.2 Å². The fourth-order valence-corrected chi connectivity index (χ4v) is 3.23. The monoisotopic (exact) mass is 317 g/mol. The fourth-order valence-electron chi connectivity index (χ4n) is 2.92. The van der Waals surface area contributed by atoms with Gasteiger partial charge in [0.05, 0.1) is 10.2 Å². The molecule has 0 aromatic heterocycles. The molecule has 0 amide bonds. The van der Waals surface area contributed by atoms with E-state index >= 15 is 0 Å². The molecule has 1 fully saturated rings. The van der Waals surface area contributed by atoms with Crippen LogP contribution in [-0.2, 0) is 0 Å². The topological polar surface area (TPSA) is 12.0 Å². The maximum atomic E-state index is 13.7. The van der Waals surface area contributed by atoms with Gasteiger partial charge < -0.3 is 5.32 Å². The highest BCUT2D eigenvalue weighted by molar-refractivity contribution is 9.10. The summed E-state index contributed by atoms with van der Waals surface area (Å²) < 4.78 is 27.3. The van der Waals surface area contributed by atoms with Crippen molar-refractivity contribution in [3.8, 4) is 0 Å². The molecular weight excluding hydrogens is 300 g/mol. The van der Waals surface area contributed by atoms with E-state index < -0.39 is 11.6 Å². The minimum Gasteiger partial charge on any atom is -0.380 e. The van der Waals surface area contributed by atoms with Crippen LogP contribution in [-0.4, -0.2) is 6.04 Å². The summed E-state index contributed by atoms with van der Waals surface area (Å²) in [5.74, 6) is 0.425. The summed E-state index contributed by atoms with van der Waals surface area (Å²) in [6.45, 7) is 4.42. The van der Waals surface area contributed by atoms with Crippen molar-refractivity contribution in [1.29, 1.82) is 0 Å². The van der Waals surface area contributed by atoms with Gasteiger partial charge in [-0.3, -0.25) is 0 Å². The molecule has 1 saturated carbocycles. The quantitative estimate of drug-likeness (QED) is 0.760. The summed E-state index contributed by atoms with van der Waals surface area (Å²) in [5.41, 5.74) is 0.266. The summed E-state index contributed by atoms with van der Waals surface area (Å²) >= 11 is 2.98. The number of benzene rings is 1. The molecule has 4 heteroatoms. The summed E-state index contributed by atoms with van der Waals surface area (Å²) in [7, 11) is 0. The lowest BCUT2D eigenvalue weighted by molar-refractivity contribution is 0.280. The second-order valence-corrected chi connectivity index (χ2v) is 6.36. The molecule has 100 valence electrons. The van der Waals surface area contributed by atoms with Gasteiger partial charge in [-0.05, 0) is 53.1 Å². The molecule has 1 aliphatic carbocycles. The van der Waals surface area contributed by atoms with Crippen molar-refractivity contribution in [3.63, 3.8) is 0 Å². The van der Waals surface area contributed by atoms with Gasteiger partial charge in [0.25, 0.3) is 0 Å². The van der Waals surface area contributed by atoms with Crippen molar-refractivity contribution in [2.24, 2.45) is 11.8 Å². The van der Waals surface area contributed by atoms with Crippen molar-refractivity contribution in [2.75, 3.05) is 5.32 Å². The maximum Gasteiger partial charge on any atom is 0.147 e. The van der Waals surface area contributed by atoms with Crippen LogP contribution in [0, 0.1) is 23.5 Å². The molecule has 1 aromatic carbocycles. The minimum absolute atomic E-state index is 0.163. The van der Waals surface area contributed by atoms with E-state index in [0.29, 0.717) is 11.8 Å². The van der Waals surface area contributed by atoms with Gasteiger partial charge in [0, 0.05) is 12.1 Å². The van der Waals surface area contributed by atoms with Crippen LogP contribution >= 0.6 is 15.9 Å². The molecule has 1 nitrogen and oxygen atoms in total. The third-order valence-corrected chi connectivity index (χ3v) is 4.16. The van der Waals surface area contributed by atoms with E-state index in [1.807, 2.05) is 0 Å². The van der Waals surface area contributed by atoms with E-state index in [1.165, 1.54) is 18.6 Å². The molecule has 1 N–H and O–H groups in total. The molecule has 0 heterocycles. The Morgan fingerprint density at radius 2 is 1.67 bits per heavy atom. The van der Waals surface area contributed by atoms with Crippen LogP contribution in [0.25, 0.3) is 0 Å². The van der Waals surface area contributed by atoms with Crippen LogP contribution in [0.4, 0.5) is 14.5 Å². The highest BCUT2D eigenvalue weighted by Gasteiger charge is 2.24. The molecule has 2 unspecified atom stereocenters. The second-order valence-electron chi connectivity index (χ2n) is 5.50. The summed E-state index contributed by atoms with van der Waals surface area (Å²) in [6, 6.07) is 2.63. The van der Waals surface area contributed by atoms with Crippen molar-refractivity contribution in [1.82, 2.24) is 0 Å². The molecule has 2 rings (SSSR count). The van der Waals surface area contributed by atoms with Gasteiger partial charge in [-0.1, -0.05) is 13.8 Å². The lowest BCUT2D eigenvalue weighted by Crippen LogP contribution is -2.30. The Bertz CT molecular complexity index is 426. The third-order valence-electron chi connectivity index (χ3n) is 3.55. The molecule has 18 heavy (non-hydrogen) atoms. The standard InChI is InChI=1S/C14H18BrF2N/c1-8-3-9(2)5-10(4-8)18-14-7-12(16)11(15)6-13(14)17/h6-10,18H,3-5H2,1-2H3. The summed E-state index contributed by atoms with van der Waals surface area (Å²) in [6.07, 6.45) is 3.25. The van der Waals surface area contributed by atoms with E-state index in [9.17, 15) is 8.78 Å². The lowest BCUT2D eigenvalue weighted by Gasteiger charge is -2.32. The highest BCUT2D eigenvalue weighted by atomic mass is 79.9. The van der Waals surface area contributed by atoms with Crippen LogP contribution in [0.15, 0.2) is 16.6 Å². The molecule has 1 aromatic rings. The Kier molecular flexibility index (Phi) is 4.25. The minimum atomic E-state index is -0.434. The Morgan fingerprint density at radius 3 is 2.28 bits per heavy atom. The van der Waals surface area contributed by atoms with E-state index in [1.54, 1.807) is 0 Å².